The molecule has 2 aliphatic rings. The molecule has 3 rings (SSSR count). The van der Waals surface area contributed by atoms with E-state index < -0.39 is 16.0 Å². The van der Waals surface area contributed by atoms with E-state index in [1.54, 1.807) is 18.2 Å². The number of hydrogen-bond acceptors (Lipinski definition) is 4. The van der Waals surface area contributed by atoms with Crippen molar-refractivity contribution < 1.29 is 23.1 Å². The Bertz CT molecular complexity index is 694. The van der Waals surface area contributed by atoms with Crippen molar-refractivity contribution in [3.63, 3.8) is 0 Å². The number of carboxylic acids is 1. The second kappa shape index (κ2) is 6.59. The molecular formula is C16H21NO5S. The summed E-state index contributed by atoms with van der Waals surface area (Å²) in [7, 11) is -3.34. The Kier molecular flexibility index (Phi) is 4.70. The second-order valence-electron chi connectivity index (χ2n) is 6.10. The van der Waals surface area contributed by atoms with Gasteiger partial charge in [-0.25, -0.2) is 17.5 Å². The van der Waals surface area contributed by atoms with Gasteiger partial charge in [0.05, 0.1) is 17.4 Å². The number of nitrogens with zero attached hydrogens (tertiary/aromatic N) is 1. The predicted molar refractivity (Wildman–Crippen MR) is 85.1 cm³/mol. The first kappa shape index (κ1) is 16.4. The van der Waals surface area contributed by atoms with Crippen LogP contribution in [-0.4, -0.2) is 55.4 Å². The summed E-state index contributed by atoms with van der Waals surface area (Å²) in [6, 6.07) is 5.04. The minimum Gasteiger partial charge on any atom is -0.478 e. The van der Waals surface area contributed by atoms with Crippen molar-refractivity contribution in [3.8, 4) is 0 Å². The van der Waals surface area contributed by atoms with Gasteiger partial charge < -0.3 is 9.84 Å². The van der Waals surface area contributed by atoms with Gasteiger partial charge in [0.25, 0.3) is 0 Å². The molecule has 1 unspecified atom stereocenters. The van der Waals surface area contributed by atoms with Crippen molar-refractivity contribution in [3.05, 3.63) is 34.9 Å². The van der Waals surface area contributed by atoms with Crippen LogP contribution in [0.15, 0.2) is 18.2 Å². The van der Waals surface area contributed by atoms with Crippen LogP contribution < -0.4 is 0 Å². The first-order valence-electron chi connectivity index (χ1n) is 7.90. The molecule has 1 aromatic carbocycles. The Labute approximate surface area is 136 Å². The highest BCUT2D eigenvalue weighted by Crippen LogP contribution is 2.21. The summed E-state index contributed by atoms with van der Waals surface area (Å²) >= 11 is 0. The van der Waals surface area contributed by atoms with Gasteiger partial charge in [-0.1, -0.05) is 6.07 Å². The molecule has 0 saturated carbocycles. The van der Waals surface area contributed by atoms with E-state index in [1.807, 2.05) is 0 Å². The fourth-order valence-electron chi connectivity index (χ4n) is 3.23. The van der Waals surface area contributed by atoms with Gasteiger partial charge in [-0.2, -0.15) is 0 Å². The molecule has 23 heavy (non-hydrogen) atoms. The number of carboxylic acid groups (broad SMARTS) is 1. The van der Waals surface area contributed by atoms with Crippen LogP contribution in [0.5, 0.6) is 0 Å². The number of sulfonamides is 1. The maximum absolute atomic E-state index is 12.6. The minimum absolute atomic E-state index is 0.0454. The summed E-state index contributed by atoms with van der Waals surface area (Å²) in [5.74, 6) is -0.913. The number of rotatable bonds is 4. The summed E-state index contributed by atoms with van der Waals surface area (Å²) < 4.78 is 32.1. The van der Waals surface area contributed by atoms with Crippen molar-refractivity contribution in [2.45, 2.75) is 31.8 Å². The molecule has 1 aromatic rings. The Morgan fingerprint density at radius 1 is 1.26 bits per heavy atom. The van der Waals surface area contributed by atoms with Gasteiger partial charge in [0.2, 0.25) is 10.0 Å². The number of ether oxygens (including phenoxy) is 1. The molecule has 0 aliphatic carbocycles. The Morgan fingerprint density at radius 3 is 2.65 bits per heavy atom. The molecule has 0 aromatic heterocycles. The lowest BCUT2D eigenvalue weighted by molar-refractivity contribution is 0.0696. The van der Waals surface area contributed by atoms with Crippen LogP contribution in [0.2, 0.25) is 0 Å². The second-order valence-corrected chi connectivity index (χ2v) is 8.11. The van der Waals surface area contributed by atoms with E-state index in [-0.39, 0.29) is 17.4 Å². The van der Waals surface area contributed by atoms with Crippen LogP contribution in [-0.2, 0) is 27.6 Å². The lowest BCUT2D eigenvalue weighted by Gasteiger charge is -2.21. The molecule has 1 saturated heterocycles. The molecule has 1 atom stereocenters. The van der Waals surface area contributed by atoms with E-state index in [1.165, 1.54) is 4.31 Å². The fourth-order valence-corrected chi connectivity index (χ4v) is 4.91. The molecule has 2 aliphatic heterocycles. The molecule has 0 amide bonds. The first-order chi connectivity index (χ1) is 11.0. The quantitative estimate of drug-likeness (QED) is 0.894. The molecule has 7 heteroatoms. The van der Waals surface area contributed by atoms with Crippen LogP contribution in [0.3, 0.4) is 0 Å². The maximum Gasteiger partial charge on any atom is 0.335 e. The van der Waals surface area contributed by atoms with E-state index >= 15 is 0 Å². The van der Waals surface area contributed by atoms with Gasteiger partial charge in [-0.05, 0) is 48.9 Å². The molecule has 2 heterocycles. The van der Waals surface area contributed by atoms with Crippen molar-refractivity contribution in [2.75, 3.05) is 25.4 Å². The Hall–Kier alpha value is -1.44. The number of carbonyl (C=O) groups is 1. The SMILES string of the molecule is O=C(O)c1ccc2c(c1)CCN(S(=O)(=O)CC1CCCO1)CC2. The van der Waals surface area contributed by atoms with Crippen LogP contribution in [0.1, 0.15) is 34.3 Å². The third-order valence-electron chi connectivity index (χ3n) is 4.53. The smallest absolute Gasteiger partial charge is 0.335 e. The molecule has 6 nitrogen and oxygen atoms in total. The Balaban J connectivity index is 1.72. The van der Waals surface area contributed by atoms with Gasteiger partial charge in [0.1, 0.15) is 0 Å². The average molecular weight is 339 g/mol. The van der Waals surface area contributed by atoms with Gasteiger partial charge in [0.15, 0.2) is 0 Å². The van der Waals surface area contributed by atoms with Gasteiger partial charge in [0, 0.05) is 19.7 Å². The zero-order chi connectivity index (χ0) is 16.4. The minimum atomic E-state index is -3.34. The number of hydrogen-bond donors (Lipinski definition) is 1. The topological polar surface area (TPSA) is 83.9 Å². The fraction of sp³-hybridized carbons (Fsp3) is 0.562. The molecule has 0 bridgehead atoms. The summed E-state index contributed by atoms with van der Waals surface area (Å²) in [4.78, 5) is 11.1. The third-order valence-corrected chi connectivity index (χ3v) is 6.47. The molecule has 1 fully saturated rings. The first-order valence-corrected chi connectivity index (χ1v) is 9.51. The summed E-state index contributed by atoms with van der Waals surface area (Å²) in [5.41, 5.74) is 2.21. The average Bonchev–Trinajstić information content (AvgIpc) is 2.89. The van der Waals surface area contributed by atoms with Crippen molar-refractivity contribution >= 4 is 16.0 Å². The highest BCUT2D eigenvalue weighted by atomic mass is 32.2. The van der Waals surface area contributed by atoms with Crippen molar-refractivity contribution in [1.82, 2.24) is 4.31 Å². The van der Waals surface area contributed by atoms with E-state index in [9.17, 15) is 13.2 Å². The number of aromatic carboxylic acids is 1. The van der Waals surface area contributed by atoms with E-state index in [0.717, 1.165) is 24.0 Å². The zero-order valence-electron chi connectivity index (χ0n) is 12.9. The highest BCUT2D eigenvalue weighted by Gasteiger charge is 2.29. The number of fused-ring (bicyclic) bond motifs is 1. The molecular weight excluding hydrogens is 318 g/mol. The van der Waals surface area contributed by atoms with Crippen molar-refractivity contribution in [1.29, 1.82) is 0 Å². The van der Waals surface area contributed by atoms with E-state index in [0.29, 0.717) is 32.5 Å². The molecule has 0 spiro atoms. The third kappa shape index (κ3) is 3.73. The van der Waals surface area contributed by atoms with Gasteiger partial charge >= 0.3 is 5.97 Å². The van der Waals surface area contributed by atoms with Crippen LogP contribution in [0, 0.1) is 0 Å². The number of benzene rings is 1. The standard InChI is InChI=1S/C16H21NO5S/c18-16(19)14-4-3-12-5-7-17(8-6-13(12)10-14)23(20,21)11-15-2-1-9-22-15/h3-4,10,15H,1-2,5-9,11H2,(H,18,19). The summed E-state index contributed by atoms with van der Waals surface area (Å²) in [6.45, 7) is 1.48. The summed E-state index contributed by atoms with van der Waals surface area (Å²) in [5, 5.41) is 9.08. The molecule has 126 valence electrons. The van der Waals surface area contributed by atoms with Crippen molar-refractivity contribution in [2.24, 2.45) is 0 Å². The highest BCUT2D eigenvalue weighted by molar-refractivity contribution is 7.89. The maximum atomic E-state index is 12.6. The van der Waals surface area contributed by atoms with E-state index in [4.69, 9.17) is 9.84 Å². The van der Waals surface area contributed by atoms with Crippen LogP contribution >= 0.6 is 0 Å². The molecule has 1 N–H and O–H groups in total. The zero-order valence-corrected chi connectivity index (χ0v) is 13.7. The largest absolute Gasteiger partial charge is 0.478 e. The monoisotopic (exact) mass is 339 g/mol. The lowest BCUT2D eigenvalue weighted by atomic mass is 10.0. The van der Waals surface area contributed by atoms with Gasteiger partial charge in [-0.15, -0.1) is 0 Å². The van der Waals surface area contributed by atoms with Gasteiger partial charge in [-0.3, -0.25) is 0 Å². The van der Waals surface area contributed by atoms with Crippen LogP contribution in [0.25, 0.3) is 0 Å². The predicted octanol–water partition coefficient (Wildman–Crippen LogP) is 1.29. The lowest BCUT2D eigenvalue weighted by Crippen LogP contribution is -2.38. The van der Waals surface area contributed by atoms with E-state index in [2.05, 4.69) is 0 Å². The van der Waals surface area contributed by atoms with Crippen LogP contribution in [0.4, 0.5) is 0 Å². The Morgan fingerprint density at radius 2 is 2.00 bits per heavy atom. The molecule has 0 radical (unpaired) electrons. The summed E-state index contributed by atoms with van der Waals surface area (Å²) in [6.07, 6.45) is 2.68. The normalized spacial score (nSPS) is 22.5.